The van der Waals surface area contributed by atoms with E-state index < -0.39 is 0 Å². The molecule has 0 amide bonds. The molecule has 0 saturated carbocycles. The van der Waals surface area contributed by atoms with Crippen molar-refractivity contribution in [2.24, 2.45) is 7.05 Å². The van der Waals surface area contributed by atoms with E-state index in [1.54, 1.807) is 18.2 Å². The van der Waals surface area contributed by atoms with E-state index in [9.17, 15) is 4.39 Å². The van der Waals surface area contributed by atoms with Crippen LogP contribution in [-0.2, 0) is 7.05 Å². The first kappa shape index (κ1) is 15.0. The summed E-state index contributed by atoms with van der Waals surface area (Å²) in [4.78, 5) is 2.42. The Hall–Kier alpha value is -1.88. The average Bonchev–Trinajstić information content (AvgIpc) is 2.96. The van der Waals surface area contributed by atoms with Crippen LogP contribution in [0.5, 0.6) is 5.75 Å². The molecule has 1 saturated heterocycles. The number of benzene rings is 1. The molecule has 0 spiro atoms. The maximum absolute atomic E-state index is 13.6. The number of aryl methyl sites for hydroxylation is 1. The van der Waals surface area contributed by atoms with Crippen molar-refractivity contribution < 1.29 is 9.13 Å². The van der Waals surface area contributed by atoms with Crippen molar-refractivity contribution in [3.63, 3.8) is 0 Å². The lowest BCUT2D eigenvalue weighted by Crippen LogP contribution is -2.37. The number of likely N-dealkylation sites (tertiary alicyclic amines) is 1. The van der Waals surface area contributed by atoms with Crippen molar-refractivity contribution in [3.8, 4) is 5.75 Å². The highest BCUT2D eigenvalue weighted by atomic mass is 19.1. The number of nitrogens with zero attached hydrogens (tertiary/aromatic N) is 3. The van der Waals surface area contributed by atoms with Crippen molar-refractivity contribution in [2.75, 3.05) is 19.7 Å². The highest BCUT2D eigenvalue weighted by Gasteiger charge is 2.25. The SMILES string of the molecule is Cn1nccc1[C@@H]1CCCCN1CCOc1ccccc1F. The highest BCUT2D eigenvalue weighted by molar-refractivity contribution is 5.23. The molecule has 5 heteroatoms. The number of hydrogen-bond acceptors (Lipinski definition) is 3. The standard InChI is InChI=1S/C17H22FN3O/c1-20-15(9-10-19-20)16-7-4-5-11-21(16)12-13-22-17-8-3-2-6-14(17)18/h2-3,6,8-10,16H,4-5,7,11-13H2,1H3/t16-/m0/s1. The Morgan fingerprint density at radius 1 is 1.27 bits per heavy atom. The Kier molecular flexibility index (Phi) is 4.73. The summed E-state index contributed by atoms with van der Waals surface area (Å²) in [6, 6.07) is 9.02. The zero-order valence-electron chi connectivity index (χ0n) is 12.9. The summed E-state index contributed by atoms with van der Waals surface area (Å²) in [5.74, 6) is 0.0286. The number of piperidine rings is 1. The molecule has 1 aromatic heterocycles. The van der Waals surface area contributed by atoms with Crippen LogP contribution < -0.4 is 4.74 Å². The van der Waals surface area contributed by atoms with Gasteiger partial charge in [-0.25, -0.2) is 4.39 Å². The molecular formula is C17H22FN3O. The van der Waals surface area contributed by atoms with Gasteiger partial charge in [0.25, 0.3) is 0 Å². The molecule has 1 fully saturated rings. The molecule has 1 atom stereocenters. The van der Waals surface area contributed by atoms with Gasteiger partial charge < -0.3 is 4.74 Å². The van der Waals surface area contributed by atoms with Crippen LogP contribution in [0.25, 0.3) is 0 Å². The van der Waals surface area contributed by atoms with Crippen molar-refractivity contribution >= 4 is 0 Å². The van der Waals surface area contributed by atoms with Gasteiger partial charge in [0.1, 0.15) is 6.61 Å². The average molecular weight is 303 g/mol. The molecule has 118 valence electrons. The van der Waals surface area contributed by atoms with E-state index in [1.807, 2.05) is 17.9 Å². The zero-order chi connectivity index (χ0) is 15.4. The van der Waals surface area contributed by atoms with Crippen LogP contribution in [0.2, 0.25) is 0 Å². The summed E-state index contributed by atoms with van der Waals surface area (Å²) in [6.07, 6.45) is 5.42. The number of hydrogen-bond donors (Lipinski definition) is 0. The molecule has 0 radical (unpaired) electrons. The largest absolute Gasteiger partial charge is 0.489 e. The monoisotopic (exact) mass is 303 g/mol. The maximum atomic E-state index is 13.6. The zero-order valence-corrected chi connectivity index (χ0v) is 12.9. The fourth-order valence-electron chi connectivity index (χ4n) is 3.14. The summed E-state index contributed by atoms with van der Waals surface area (Å²) in [5, 5.41) is 4.27. The summed E-state index contributed by atoms with van der Waals surface area (Å²) in [7, 11) is 1.98. The Balaban J connectivity index is 1.60. The van der Waals surface area contributed by atoms with Gasteiger partial charge in [0.2, 0.25) is 0 Å². The summed E-state index contributed by atoms with van der Waals surface area (Å²) < 4.78 is 21.1. The van der Waals surface area contributed by atoms with E-state index >= 15 is 0 Å². The van der Waals surface area contributed by atoms with Crippen LogP contribution in [-0.4, -0.2) is 34.4 Å². The quantitative estimate of drug-likeness (QED) is 0.850. The van der Waals surface area contributed by atoms with E-state index in [1.165, 1.54) is 24.6 Å². The van der Waals surface area contributed by atoms with Crippen LogP contribution in [0.1, 0.15) is 31.0 Å². The molecule has 3 rings (SSSR count). The minimum Gasteiger partial charge on any atom is -0.489 e. The van der Waals surface area contributed by atoms with Crippen molar-refractivity contribution in [1.29, 1.82) is 0 Å². The smallest absolute Gasteiger partial charge is 0.165 e. The Labute approximate surface area is 130 Å². The summed E-state index contributed by atoms with van der Waals surface area (Å²) in [6.45, 7) is 2.34. The molecular weight excluding hydrogens is 281 g/mol. The summed E-state index contributed by atoms with van der Waals surface area (Å²) >= 11 is 0. The minimum atomic E-state index is -0.302. The van der Waals surface area contributed by atoms with Gasteiger partial charge in [-0.05, 0) is 37.6 Å². The van der Waals surface area contributed by atoms with Gasteiger partial charge >= 0.3 is 0 Å². The molecule has 2 heterocycles. The topological polar surface area (TPSA) is 30.3 Å². The molecule has 1 aromatic carbocycles. The lowest BCUT2D eigenvalue weighted by atomic mass is 9.99. The molecule has 0 unspecified atom stereocenters. The number of halogens is 1. The van der Waals surface area contributed by atoms with Crippen molar-refractivity contribution in [2.45, 2.75) is 25.3 Å². The second-order valence-electron chi connectivity index (χ2n) is 5.71. The lowest BCUT2D eigenvalue weighted by molar-refractivity contribution is 0.117. The number of para-hydroxylation sites is 1. The normalized spacial score (nSPS) is 19.3. The van der Waals surface area contributed by atoms with E-state index in [-0.39, 0.29) is 5.82 Å². The lowest BCUT2D eigenvalue weighted by Gasteiger charge is -2.35. The Bertz CT molecular complexity index is 613. The van der Waals surface area contributed by atoms with Crippen LogP contribution >= 0.6 is 0 Å². The van der Waals surface area contributed by atoms with Crippen LogP contribution in [0.3, 0.4) is 0 Å². The predicted octanol–water partition coefficient (Wildman–Crippen LogP) is 3.17. The fourth-order valence-corrected chi connectivity index (χ4v) is 3.14. The molecule has 4 nitrogen and oxygen atoms in total. The van der Waals surface area contributed by atoms with Gasteiger partial charge in [-0.2, -0.15) is 5.10 Å². The second kappa shape index (κ2) is 6.92. The Morgan fingerprint density at radius 2 is 2.14 bits per heavy atom. The van der Waals surface area contributed by atoms with Crippen molar-refractivity contribution in [3.05, 3.63) is 48.0 Å². The molecule has 22 heavy (non-hydrogen) atoms. The maximum Gasteiger partial charge on any atom is 0.165 e. The third kappa shape index (κ3) is 3.30. The predicted molar refractivity (Wildman–Crippen MR) is 83.3 cm³/mol. The minimum absolute atomic E-state index is 0.302. The van der Waals surface area contributed by atoms with Gasteiger partial charge in [0, 0.05) is 19.8 Å². The van der Waals surface area contributed by atoms with Gasteiger partial charge in [0.15, 0.2) is 11.6 Å². The van der Waals surface area contributed by atoms with Crippen LogP contribution in [0.4, 0.5) is 4.39 Å². The van der Waals surface area contributed by atoms with E-state index in [0.717, 1.165) is 19.5 Å². The molecule has 2 aromatic rings. The summed E-state index contributed by atoms with van der Waals surface area (Å²) in [5.41, 5.74) is 1.24. The number of rotatable bonds is 5. The van der Waals surface area contributed by atoms with Crippen molar-refractivity contribution in [1.82, 2.24) is 14.7 Å². The molecule has 0 N–H and O–H groups in total. The third-order valence-corrected chi connectivity index (χ3v) is 4.29. The first-order valence-corrected chi connectivity index (χ1v) is 7.85. The first-order valence-electron chi connectivity index (χ1n) is 7.85. The fraction of sp³-hybridized carbons (Fsp3) is 0.471. The second-order valence-corrected chi connectivity index (χ2v) is 5.71. The van der Waals surface area contributed by atoms with Crippen LogP contribution in [0, 0.1) is 5.82 Å². The van der Waals surface area contributed by atoms with E-state index in [4.69, 9.17) is 4.74 Å². The molecule has 1 aliphatic heterocycles. The molecule has 0 bridgehead atoms. The highest BCUT2D eigenvalue weighted by Crippen LogP contribution is 2.30. The number of aromatic nitrogens is 2. The molecule has 0 aliphatic carbocycles. The van der Waals surface area contributed by atoms with E-state index in [0.29, 0.717) is 18.4 Å². The van der Waals surface area contributed by atoms with Gasteiger partial charge in [-0.15, -0.1) is 0 Å². The van der Waals surface area contributed by atoms with Gasteiger partial charge in [-0.3, -0.25) is 9.58 Å². The van der Waals surface area contributed by atoms with Gasteiger partial charge in [-0.1, -0.05) is 18.6 Å². The Morgan fingerprint density at radius 3 is 2.91 bits per heavy atom. The van der Waals surface area contributed by atoms with Gasteiger partial charge in [0.05, 0.1) is 11.7 Å². The third-order valence-electron chi connectivity index (χ3n) is 4.29. The van der Waals surface area contributed by atoms with Crippen LogP contribution in [0.15, 0.2) is 36.5 Å². The number of ether oxygens (including phenoxy) is 1. The first-order chi connectivity index (χ1) is 10.8. The van der Waals surface area contributed by atoms with E-state index in [2.05, 4.69) is 16.1 Å². The molecule has 1 aliphatic rings.